The molecule has 2 atom stereocenters. The quantitative estimate of drug-likeness (QED) is 0.0391. The highest BCUT2D eigenvalue weighted by Crippen LogP contribution is 2.45. The molecule has 306 valence electrons. The lowest BCUT2D eigenvalue weighted by molar-refractivity contribution is -0.160. The van der Waals surface area contributed by atoms with Gasteiger partial charge in [0.05, 0.1) is 12.8 Å². The molecule has 2 amide bonds. The smallest absolute Gasteiger partial charge is 0.407 e. The van der Waals surface area contributed by atoms with Gasteiger partial charge in [0.2, 0.25) is 5.91 Å². The molecule has 0 heterocycles. The average molecular weight is 827 g/mol. The summed E-state index contributed by atoms with van der Waals surface area (Å²) in [5, 5.41) is 5.27. The van der Waals surface area contributed by atoms with Crippen molar-refractivity contribution in [1.29, 1.82) is 0 Å². The van der Waals surface area contributed by atoms with E-state index in [4.69, 9.17) is 30.5 Å². The molecule has 0 radical (unpaired) electrons. The lowest BCUT2D eigenvalue weighted by Gasteiger charge is -2.37. The Morgan fingerprint density at radius 1 is 0.617 bits per heavy atom. The van der Waals surface area contributed by atoms with Gasteiger partial charge in [-0.2, -0.15) is 0 Å². The van der Waals surface area contributed by atoms with Crippen LogP contribution in [0.15, 0.2) is 159 Å². The minimum atomic E-state index is -1.71. The van der Waals surface area contributed by atoms with Crippen LogP contribution >= 0.6 is 11.6 Å². The summed E-state index contributed by atoms with van der Waals surface area (Å²) in [6.07, 6.45) is 0.324. The van der Waals surface area contributed by atoms with Crippen LogP contribution in [0.3, 0.4) is 0 Å². The number of alkyl carbamates (subject to hydrolysis) is 1. The van der Waals surface area contributed by atoms with Gasteiger partial charge in [0.25, 0.3) is 0 Å². The maximum atomic E-state index is 14.7. The summed E-state index contributed by atoms with van der Waals surface area (Å²) < 4.78 is 22.5. The molecule has 2 N–H and O–H groups in total. The van der Waals surface area contributed by atoms with Crippen LogP contribution in [-0.2, 0) is 43.7 Å². The summed E-state index contributed by atoms with van der Waals surface area (Å²) >= 11 is 6.84. The van der Waals surface area contributed by atoms with Crippen molar-refractivity contribution in [2.45, 2.75) is 36.4 Å². The van der Waals surface area contributed by atoms with Crippen LogP contribution in [0.1, 0.15) is 46.6 Å². The van der Waals surface area contributed by atoms with E-state index in [2.05, 4.69) is 23.8 Å². The first kappa shape index (κ1) is 42.6. The Morgan fingerprint density at radius 3 is 1.63 bits per heavy atom. The van der Waals surface area contributed by atoms with Gasteiger partial charge in [0.15, 0.2) is 5.60 Å². The minimum absolute atomic E-state index is 0.0810. The van der Waals surface area contributed by atoms with Crippen molar-refractivity contribution in [2.24, 2.45) is 0 Å². The molecular weight excluding hydrogens is 784 g/mol. The molecule has 0 aliphatic heterocycles. The van der Waals surface area contributed by atoms with E-state index in [0.717, 1.165) is 22.3 Å². The first-order valence-electron chi connectivity index (χ1n) is 19.2. The lowest BCUT2D eigenvalue weighted by atomic mass is 9.80. The van der Waals surface area contributed by atoms with Gasteiger partial charge in [0.1, 0.15) is 31.9 Å². The van der Waals surface area contributed by atoms with E-state index in [1.54, 1.807) is 84.9 Å². The molecule has 1 aliphatic rings. The van der Waals surface area contributed by atoms with E-state index in [-0.39, 0.29) is 30.8 Å². The van der Waals surface area contributed by atoms with Gasteiger partial charge in [-0.1, -0.05) is 164 Å². The number of carbonyl (C=O) groups excluding carboxylic acids is 5. The number of halogens is 1. The molecule has 6 rings (SSSR count). The van der Waals surface area contributed by atoms with E-state index >= 15 is 0 Å². The second kappa shape index (κ2) is 20.1. The molecule has 0 fully saturated rings. The monoisotopic (exact) mass is 826 g/mol. The first-order chi connectivity index (χ1) is 29.2. The zero-order chi connectivity index (χ0) is 42.5. The molecular formula is C48H43ClN2O9. The Hall–Kier alpha value is -6.98. The fourth-order valence-electron chi connectivity index (χ4n) is 7.18. The molecule has 1 aliphatic carbocycles. The largest absolute Gasteiger partial charge is 0.461 e. The maximum absolute atomic E-state index is 14.7. The Bertz CT molecular complexity index is 2270. The molecule has 0 aromatic heterocycles. The SMILES string of the molecule is C=CCOC(=O)C[C@H](NC(=O)OCC1c2ccccc2-c2ccccc21)C(=O)N[C@@H](CC(=O)OCC=C)C(=O)OC(c1ccccc1)(c1ccccc1)c1ccccc1Cl. The summed E-state index contributed by atoms with van der Waals surface area (Å²) in [6.45, 7) is 6.69. The van der Waals surface area contributed by atoms with Crippen molar-refractivity contribution in [2.75, 3.05) is 19.8 Å². The molecule has 0 saturated carbocycles. The van der Waals surface area contributed by atoms with E-state index in [0.29, 0.717) is 16.7 Å². The molecule has 0 bridgehead atoms. The second-order valence-corrected chi connectivity index (χ2v) is 14.2. The number of nitrogens with one attached hydrogen (secondary N) is 2. The van der Waals surface area contributed by atoms with Crippen LogP contribution < -0.4 is 10.6 Å². The molecule has 12 heteroatoms. The van der Waals surface area contributed by atoms with Gasteiger partial charge in [0, 0.05) is 27.6 Å². The van der Waals surface area contributed by atoms with Crippen molar-refractivity contribution in [3.05, 3.63) is 192 Å². The van der Waals surface area contributed by atoms with Crippen LogP contribution in [0, 0.1) is 0 Å². The highest BCUT2D eigenvalue weighted by molar-refractivity contribution is 6.31. The number of hydrogen-bond donors (Lipinski definition) is 2. The fourth-order valence-corrected chi connectivity index (χ4v) is 7.45. The van der Waals surface area contributed by atoms with E-state index in [1.165, 1.54) is 12.2 Å². The number of amides is 2. The second-order valence-electron chi connectivity index (χ2n) is 13.7. The predicted octanol–water partition coefficient (Wildman–Crippen LogP) is 7.81. The Morgan fingerprint density at radius 2 is 1.10 bits per heavy atom. The van der Waals surface area contributed by atoms with Gasteiger partial charge in [-0.25, -0.2) is 9.59 Å². The van der Waals surface area contributed by atoms with Crippen LogP contribution in [0.4, 0.5) is 4.79 Å². The number of hydrogen-bond acceptors (Lipinski definition) is 9. The lowest BCUT2D eigenvalue weighted by Crippen LogP contribution is -2.54. The zero-order valence-electron chi connectivity index (χ0n) is 32.6. The van der Waals surface area contributed by atoms with Crippen molar-refractivity contribution >= 4 is 41.5 Å². The maximum Gasteiger partial charge on any atom is 0.407 e. The van der Waals surface area contributed by atoms with Crippen molar-refractivity contribution < 1.29 is 42.9 Å². The van der Waals surface area contributed by atoms with Gasteiger partial charge in [-0.15, -0.1) is 0 Å². The van der Waals surface area contributed by atoms with Gasteiger partial charge in [-0.3, -0.25) is 14.4 Å². The van der Waals surface area contributed by atoms with Gasteiger partial charge >= 0.3 is 24.0 Å². The van der Waals surface area contributed by atoms with E-state index < -0.39 is 60.4 Å². The van der Waals surface area contributed by atoms with Crippen molar-refractivity contribution in [3.63, 3.8) is 0 Å². The van der Waals surface area contributed by atoms with Crippen molar-refractivity contribution in [3.8, 4) is 11.1 Å². The third kappa shape index (κ3) is 9.82. The number of rotatable bonds is 18. The number of fused-ring (bicyclic) bond motifs is 3. The van der Waals surface area contributed by atoms with Crippen LogP contribution in [-0.4, -0.2) is 61.8 Å². The van der Waals surface area contributed by atoms with Gasteiger partial charge in [-0.05, 0) is 28.3 Å². The summed E-state index contributed by atoms with van der Waals surface area (Å²) in [5.41, 5.74) is 3.71. The molecule has 5 aromatic carbocycles. The number of esters is 3. The summed E-state index contributed by atoms with van der Waals surface area (Å²) in [6, 6.07) is 36.8. The number of ether oxygens (including phenoxy) is 4. The Labute approximate surface area is 353 Å². The van der Waals surface area contributed by atoms with E-state index in [9.17, 15) is 24.0 Å². The Kier molecular flexibility index (Phi) is 14.3. The van der Waals surface area contributed by atoms with Crippen molar-refractivity contribution in [1.82, 2.24) is 10.6 Å². The fraction of sp³-hybridized carbons (Fsp3) is 0.188. The van der Waals surface area contributed by atoms with Crippen LogP contribution in [0.2, 0.25) is 5.02 Å². The Balaban J connectivity index is 1.30. The molecule has 0 saturated heterocycles. The van der Waals surface area contributed by atoms with Crippen LogP contribution in [0.25, 0.3) is 11.1 Å². The predicted molar refractivity (Wildman–Crippen MR) is 226 cm³/mol. The molecule has 60 heavy (non-hydrogen) atoms. The highest BCUT2D eigenvalue weighted by Gasteiger charge is 2.44. The zero-order valence-corrected chi connectivity index (χ0v) is 33.3. The highest BCUT2D eigenvalue weighted by atomic mass is 35.5. The number of carbonyl (C=O) groups is 5. The normalized spacial score (nSPS) is 12.7. The van der Waals surface area contributed by atoms with E-state index in [1.807, 2.05) is 48.5 Å². The molecule has 5 aromatic rings. The molecule has 0 spiro atoms. The molecule has 0 unspecified atom stereocenters. The third-order valence-corrected chi connectivity index (χ3v) is 10.2. The summed E-state index contributed by atoms with van der Waals surface area (Å²) in [5.74, 6) is -4.09. The first-order valence-corrected chi connectivity index (χ1v) is 19.6. The number of benzene rings is 5. The summed E-state index contributed by atoms with van der Waals surface area (Å²) in [7, 11) is 0. The summed E-state index contributed by atoms with van der Waals surface area (Å²) in [4.78, 5) is 68.4. The minimum Gasteiger partial charge on any atom is -0.461 e. The van der Waals surface area contributed by atoms with Crippen LogP contribution in [0.5, 0.6) is 0 Å². The topological polar surface area (TPSA) is 146 Å². The standard InChI is InChI=1S/C48H43ClN2O9/c1-3-27-57-43(52)29-41(51-47(56)59-31-38-36-23-13-11-21-34(36)35-22-12-14-24-37(35)38)45(54)50-42(30-44(53)58-28-4-2)46(55)60-48(32-17-7-5-8-18-32,33-19-9-6-10-20-33)39-25-15-16-26-40(39)49/h3-26,38,41-42H,1-2,27-31H2,(H,50,54)(H,51,56)/t41-,42-/m0/s1. The van der Waals surface area contributed by atoms with Gasteiger partial charge < -0.3 is 29.6 Å². The molecule has 11 nitrogen and oxygen atoms in total. The third-order valence-electron chi connectivity index (χ3n) is 9.89. The average Bonchev–Trinajstić information content (AvgIpc) is 3.59.